The first-order chi connectivity index (χ1) is 9.36. The fourth-order valence-corrected chi connectivity index (χ4v) is 3.69. The summed E-state index contributed by atoms with van der Waals surface area (Å²) in [5.41, 5.74) is 1.18. The molecule has 0 saturated heterocycles. The van der Waals surface area contributed by atoms with E-state index in [4.69, 9.17) is 21.1 Å². The van der Waals surface area contributed by atoms with Crippen LogP contribution in [0, 0.1) is 5.41 Å². The number of hydrogen-bond acceptors (Lipinski definition) is 2. The van der Waals surface area contributed by atoms with Crippen LogP contribution in [0.15, 0.2) is 18.2 Å². The molecule has 0 amide bonds. The summed E-state index contributed by atoms with van der Waals surface area (Å²) in [5, 5.41) is 0.214. The van der Waals surface area contributed by atoms with Gasteiger partial charge in [-0.1, -0.05) is 26.0 Å². The van der Waals surface area contributed by atoms with E-state index in [9.17, 15) is 0 Å². The fraction of sp³-hybridized carbons (Fsp3) is 0.647. The first-order valence-corrected chi connectivity index (χ1v) is 7.91. The first kappa shape index (κ1) is 14.1. The molecule has 0 aromatic heterocycles. The smallest absolute Gasteiger partial charge is 0.165 e. The third-order valence-electron chi connectivity index (χ3n) is 4.96. The minimum absolute atomic E-state index is 0.0679. The molecule has 0 N–H and O–H groups in total. The van der Waals surface area contributed by atoms with Gasteiger partial charge in [0.25, 0.3) is 0 Å². The fourth-order valence-electron chi connectivity index (χ4n) is 3.23. The summed E-state index contributed by atoms with van der Waals surface area (Å²) in [5.74, 6) is 1.80. The van der Waals surface area contributed by atoms with Crippen molar-refractivity contribution in [2.75, 3.05) is 0 Å². The molecule has 2 aliphatic rings. The maximum absolute atomic E-state index is 6.37. The molecule has 1 aliphatic carbocycles. The standard InChI is InChI=1S/C17H23ClO2/c1-5-17(4)13(18)9-14(17)19-12-8-6-7-11-10-16(2,3)20-15(11)12/h6-8,13-14H,5,9-10H2,1-4H3. The number of ether oxygens (including phenoxy) is 2. The monoisotopic (exact) mass is 294 g/mol. The molecule has 3 heteroatoms. The highest BCUT2D eigenvalue weighted by Crippen LogP contribution is 2.51. The highest BCUT2D eigenvalue weighted by molar-refractivity contribution is 6.21. The normalized spacial score (nSPS) is 34.0. The third kappa shape index (κ3) is 2.09. The number of para-hydroxylation sites is 1. The average Bonchev–Trinajstić information content (AvgIpc) is 2.72. The second kappa shape index (κ2) is 4.56. The molecule has 3 unspecified atom stereocenters. The lowest BCUT2D eigenvalue weighted by atomic mass is 9.65. The largest absolute Gasteiger partial charge is 0.486 e. The zero-order valence-corrected chi connectivity index (χ0v) is 13.5. The number of benzene rings is 1. The van der Waals surface area contributed by atoms with E-state index >= 15 is 0 Å². The van der Waals surface area contributed by atoms with Crippen LogP contribution in [0.4, 0.5) is 0 Å². The van der Waals surface area contributed by atoms with Gasteiger partial charge in [-0.3, -0.25) is 0 Å². The highest BCUT2D eigenvalue weighted by Gasteiger charge is 2.51. The summed E-state index contributed by atoms with van der Waals surface area (Å²) in [6.07, 6.45) is 3.08. The van der Waals surface area contributed by atoms with Crippen LogP contribution in [0.3, 0.4) is 0 Å². The van der Waals surface area contributed by atoms with E-state index < -0.39 is 0 Å². The maximum atomic E-state index is 6.37. The summed E-state index contributed by atoms with van der Waals surface area (Å²) in [4.78, 5) is 0. The van der Waals surface area contributed by atoms with Crippen molar-refractivity contribution in [3.63, 3.8) is 0 Å². The number of rotatable bonds is 3. The minimum atomic E-state index is -0.134. The number of fused-ring (bicyclic) bond motifs is 1. The Balaban J connectivity index is 1.83. The van der Waals surface area contributed by atoms with Crippen molar-refractivity contribution in [1.82, 2.24) is 0 Å². The number of hydrogen-bond donors (Lipinski definition) is 0. The van der Waals surface area contributed by atoms with E-state index in [-0.39, 0.29) is 22.5 Å². The number of alkyl halides is 1. The predicted octanol–water partition coefficient (Wildman–Crippen LogP) is 4.57. The summed E-state index contributed by atoms with van der Waals surface area (Å²) >= 11 is 6.37. The lowest BCUT2D eigenvalue weighted by Crippen LogP contribution is -2.55. The first-order valence-electron chi connectivity index (χ1n) is 7.47. The van der Waals surface area contributed by atoms with Crippen LogP contribution in [0.2, 0.25) is 0 Å². The van der Waals surface area contributed by atoms with Crippen molar-refractivity contribution in [2.24, 2.45) is 5.41 Å². The van der Waals surface area contributed by atoms with E-state index in [0.29, 0.717) is 0 Å². The van der Waals surface area contributed by atoms with Gasteiger partial charge in [-0.2, -0.15) is 0 Å². The minimum Gasteiger partial charge on any atom is -0.486 e. The van der Waals surface area contributed by atoms with Crippen LogP contribution < -0.4 is 9.47 Å². The molecule has 110 valence electrons. The Bertz CT molecular complexity index is 526. The van der Waals surface area contributed by atoms with Crippen LogP contribution in [-0.2, 0) is 6.42 Å². The second-order valence-corrected chi connectivity index (χ2v) is 7.48. The zero-order valence-electron chi connectivity index (χ0n) is 12.7. The van der Waals surface area contributed by atoms with Crippen LogP contribution >= 0.6 is 11.6 Å². The van der Waals surface area contributed by atoms with Crippen LogP contribution in [0.25, 0.3) is 0 Å². The SMILES string of the molecule is CCC1(C)C(Cl)CC1Oc1cccc2c1OC(C)(C)C2. The third-order valence-corrected chi connectivity index (χ3v) is 5.63. The van der Waals surface area contributed by atoms with Crippen LogP contribution in [0.1, 0.15) is 46.1 Å². The number of halogens is 1. The Morgan fingerprint density at radius 3 is 2.75 bits per heavy atom. The highest BCUT2D eigenvalue weighted by atomic mass is 35.5. The Labute approximate surface area is 126 Å². The Morgan fingerprint density at radius 1 is 1.35 bits per heavy atom. The Hall–Kier alpha value is -0.890. The predicted molar refractivity (Wildman–Crippen MR) is 81.9 cm³/mol. The van der Waals surface area contributed by atoms with Crippen molar-refractivity contribution < 1.29 is 9.47 Å². The van der Waals surface area contributed by atoms with Gasteiger partial charge in [0.2, 0.25) is 0 Å². The molecule has 20 heavy (non-hydrogen) atoms. The van der Waals surface area contributed by atoms with Gasteiger partial charge in [0.1, 0.15) is 11.7 Å². The molecular weight excluding hydrogens is 272 g/mol. The molecule has 0 bridgehead atoms. The quantitative estimate of drug-likeness (QED) is 0.760. The molecule has 3 rings (SSSR count). The molecular formula is C17H23ClO2. The van der Waals surface area contributed by atoms with Crippen LogP contribution in [-0.4, -0.2) is 17.1 Å². The molecule has 0 radical (unpaired) electrons. The van der Waals surface area contributed by atoms with Crippen molar-refractivity contribution in [3.05, 3.63) is 23.8 Å². The topological polar surface area (TPSA) is 18.5 Å². The van der Waals surface area contributed by atoms with Crippen molar-refractivity contribution in [2.45, 2.75) is 64.0 Å². The average molecular weight is 295 g/mol. The maximum Gasteiger partial charge on any atom is 0.165 e. The van der Waals surface area contributed by atoms with E-state index in [1.54, 1.807) is 0 Å². The lowest BCUT2D eigenvalue weighted by molar-refractivity contribution is -0.0318. The van der Waals surface area contributed by atoms with Gasteiger partial charge < -0.3 is 9.47 Å². The second-order valence-electron chi connectivity index (χ2n) is 6.95. The van der Waals surface area contributed by atoms with E-state index in [2.05, 4.69) is 39.8 Å². The van der Waals surface area contributed by atoms with E-state index in [1.165, 1.54) is 5.56 Å². The molecule has 0 spiro atoms. The summed E-state index contributed by atoms with van der Waals surface area (Å²) in [6, 6.07) is 6.19. The molecule has 1 aliphatic heterocycles. The van der Waals surface area contributed by atoms with Gasteiger partial charge in [0.05, 0.1) is 0 Å². The van der Waals surface area contributed by atoms with Gasteiger partial charge in [-0.05, 0) is 26.3 Å². The lowest BCUT2D eigenvalue weighted by Gasteiger charge is -2.50. The molecule has 2 nitrogen and oxygen atoms in total. The van der Waals surface area contributed by atoms with E-state index in [0.717, 1.165) is 30.8 Å². The molecule has 1 fully saturated rings. The van der Waals surface area contributed by atoms with Crippen molar-refractivity contribution >= 4 is 11.6 Å². The van der Waals surface area contributed by atoms with Crippen molar-refractivity contribution in [3.8, 4) is 11.5 Å². The molecule has 3 atom stereocenters. The summed E-state index contributed by atoms with van der Waals surface area (Å²) in [6.45, 7) is 8.63. The van der Waals surface area contributed by atoms with Gasteiger partial charge in [-0.15, -0.1) is 11.6 Å². The Kier molecular flexibility index (Phi) is 3.20. The van der Waals surface area contributed by atoms with Gasteiger partial charge in [0, 0.05) is 29.2 Å². The van der Waals surface area contributed by atoms with Crippen molar-refractivity contribution in [1.29, 1.82) is 0 Å². The zero-order chi connectivity index (χ0) is 14.5. The summed E-state index contributed by atoms with van der Waals surface area (Å²) < 4.78 is 12.3. The molecule has 1 aromatic carbocycles. The Morgan fingerprint density at radius 2 is 2.10 bits per heavy atom. The van der Waals surface area contributed by atoms with Gasteiger partial charge >= 0.3 is 0 Å². The van der Waals surface area contributed by atoms with Gasteiger partial charge in [0.15, 0.2) is 11.5 Å². The van der Waals surface area contributed by atoms with Crippen LogP contribution in [0.5, 0.6) is 11.5 Å². The summed E-state index contributed by atoms with van der Waals surface area (Å²) in [7, 11) is 0. The molecule has 1 heterocycles. The van der Waals surface area contributed by atoms with Gasteiger partial charge in [-0.25, -0.2) is 0 Å². The molecule has 1 aromatic rings. The van der Waals surface area contributed by atoms with E-state index in [1.807, 2.05) is 6.07 Å². The molecule has 1 saturated carbocycles.